The van der Waals surface area contributed by atoms with Gasteiger partial charge in [-0.2, -0.15) is 0 Å². The summed E-state index contributed by atoms with van der Waals surface area (Å²) in [7, 11) is 0. The average Bonchev–Trinajstić information content (AvgIpc) is 2.78. The summed E-state index contributed by atoms with van der Waals surface area (Å²) >= 11 is 1.94. The summed E-state index contributed by atoms with van der Waals surface area (Å²) in [4.78, 5) is 4.73. The summed E-state index contributed by atoms with van der Waals surface area (Å²) in [5.41, 5.74) is 0. The van der Waals surface area contributed by atoms with Gasteiger partial charge in [-0.1, -0.05) is 89.8 Å². The fourth-order valence-corrected chi connectivity index (χ4v) is 3.84. The highest BCUT2D eigenvalue weighted by atomic mass is 79.9. The van der Waals surface area contributed by atoms with Crippen LogP contribution < -0.4 is 5.32 Å². The van der Waals surface area contributed by atoms with Gasteiger partial charge in [0.2, 0.25) is 0 Å². The number of hydrogen-bond donors (Lipinski definition) is 1. The van der Waals surface area contributed by atoms with Crippen molar-refractivity contribution < 1.29 is 0 Å². The molecule has 0 aliphatic carbocycles. The van der Waals surface area contributed by atoms with Crippen LogP contribution in [0, 0.1) is 5.92 Å². The second-order valence-corrected chi connectivity index (χ2v) is 7.75. The summed E-state index contributed by atoms with van der Waals surface area (Å²) in [5, 5.41) is 4.70. The van der Waals surface area contributed by atoms with Crippen molar-refractivity contribution in [2.75, 3.05) is 18.8 Å². The van der Waals surface area contributed by atoms with Crippen molar-refractivity contribution in [2.45, 2.75) is 90.9 Å². The first-order valence-electron chi connectivity index (χ1n) is 9.78. The highest BCUT2D eigenvalue weighted by Crippen LogP contribution is 2.16. The maximum Gasteiger partial charge on any atom is 0.156 e. The van der Waals surface area contributed by atoms with Crippen LogP contribution in [0.25, 0.3) is 0 Å². The first-order valence-corrected chi connectivity index (χ1v) is 10.8. The molecule has 1 heterocycles. The second-order valence-electron chi connectivity index (χ2n) is 6.67. The Labute approximate surface area is 159 Å². The minimum absolute atomic E-state index is 0. The highest BCUT2D eigenvalue weighted by Gasteiger charge is 2.11. The maximum atomic E-state index is 4.73. The van der Waals surface area contributed by atoms with Gasteiger partial charge in [0, 0.05) is 18.8 Å². The molecular formula is C19H39BrN2S. The number of hydrogen-bond acceptors (Lipinski definition) is 3. The summed E-state index contributed by atoms with van der Waals surface area (Å²) in [6, 6.07) is 0. The largest absolute Gasteiger partial charge is 0.365 e. The average molecular weight is 408 g/mol. The zero-order valence-electron chi connectivity index (χ0n) is 15.4. The van der Waals surface area contributed by atoms with E-state index in [-0.39, 0.29) is 17.0 Å². The van der Waals surface area contributed by atoms with Crippen LogP contribution >= 0.6 is 28.7 Å². The lowest BCUT2D eigenvalue weighted by Gasteiger charge is -2.07. The number of unbranched alkanes of at least 4 members (excludes halogenated alkanes) is 9. The van der Waals surface area contributed by atoms with Crippen LogP contribution in [0.2, 0.25) is 0 Å². The Morgan fingerprint density at radius 3 is 2.17 bits per heavy atom. The summed E-state index contributed by atoms with van der Waals surface area (Å²) in [6.07, 6.45) is 16.7. The molecule has 1 aliphatic rings. The second kappa shape index (κ2) is 17.1. The summed E-state index contributed by atoms with van der Waals surface area (Å²) in [6.45, 7) is 6.71. The van der Waals surface area contributed by atoms with Crippen molar-refractivity contribution >= 4 is 33.9 Å². The minimum Gasteiger partial charge on any atom is -0.365 e. The zero-order valence-corrected chi connectivity index (χ0v) is 18.0. The lowest BCUT2D eigenvalue weighted by Crippen LogP contribution is -2.20. The number of nitrogens with zero attached hydrogens (tertiary/aromatic N) is 1. The molecule has 0 saturated carbocycles. The van der Waals surface area contributed by atoms with Gasteiger partial charge in [0.05, 0.1) is 0 Å². The molecule has 2 nitrogen and oxygen atoms in total. The Kier molecular flexibility index (Phi) is 17.4. The molecule has 1 unspecified atom stereocenters. The smallest absolute Gasteiger partial charge is 0.156 e. The van der Waals surface area contributed by atoms with Gasteiger partial charge < -0.3 is 5.32 Å². The molecule has 1 rings (SSSR count). The van der Waals surface area contributed by atoms with Crippen LogP contribution in [0.5, 0.6) is 0 Å². The molecule has 1 N–H and O–H groups in total. The normalized spacial score (nSPS) is 17.8. The van der Waals surface area contributed by atoms with Gasteiger partial charge in [-0.3, -0.25) is 4.99 Å². The lowest BCUT2D eigenvalue weighted by atomic mass is 10.0. The molecule has 0 fully saturated rings. The van der Waals surface area contributed by atoms with E-state index in [1.807, 2.05) is 11.8 Å². The lowest BCUT2D eigenvalue weighted by molar-refractivity contribution is 0.492. The summed E-state index contributed by atoms with van der Waals surface area (Å²) < 4.78 is 0. The molecule has 4 heteroatoms. The molecular weight excluding hydrogens is 368 g/mol. The molecule has 0 spiro atoms. The Morgan fingerprint density at radius 2 is 1.57 bits per heavy atom. The Morgan fingerprint density at radius 1 is 0.957 bits per heavy atom. The van der Waals surface area contributed by atoms with E-state index in [0.29, 0.717) is 0 Å². The fourth-order valence-electron chi connectivity index (χ4n) is 2.93. The molecule has 0 aromatic heterocycles. The molecule has 1 aliphatic heterocycles. The zero-order chi connectivity index (χ0) is 15.9. The molecule has 0 saturated heterocycles. The van der Waals surface area contributed by atoms with Crippen LogP contribution in [0.15, 0.2) is 4.99 Å². The highest BCUT2D eigenvalue weighted by molar-refractivity contribution is 8.93. The van der Waals surface area contributed by atoms with E-state index in [9.17, 15) is 0 Å². The van der Waals surface area contributed by atoms with Crippen molar-refractivity contribution in [3.63, 3.8) is 0 Å². The third-order valence-electron chi connectivity index (χ3n) is 4.64. The van der Waals surface area contributed by atoms with Crippen LogP contribution in [-0.4, -0.2) is 24.0 Å². The van der Waals surface area contributed by atoms with Crippen LogP contribution in [0.4, 0.5) is 0 Å². The van der Waals surface area contributed by atoms with Gasteiger partial charge in [-0.15, -0.1) is 17.0 Å². The maximum absolute atomic E-state index is 4.73. The van der Waals surface area contributed by atoms with Crippen LogP contribution in [0.1, 0.15) is 90.9 Å². The van der Waals surface area contributed by atoms with E-state index in [0.717, 1.165) is 19.0 Å². The van der Waals surface area contributed by atoms with Crippen molar-refractivity contribution in [3.05, 3.63) is 0 Å². The van der Waals surface area contributed by atoms with Crippen molar-refractivity contribution in [2.24, 2.45) is 10.9 Å². The number of nitrogens with one attached hydrogen (secondary N) is 1. The van der Waals surface area contributed by atoms with E-state index in [1.54, 1.807) is 0 Å². The number of amidine groups is 1. The number of aliphatic imine (C=N–C) groups is 1. The van der Waals surface area contributed by atoms with E-state index in [2.05, 4.69) is 19.2 Å². The number of thioether (sulfide) groups is 1. The van der Waals surface area contributed by atoms with E-state index in [4.69, 9.17) is 4.99 Å². The Balaban J connectivity index is 0.00000484. The van der Waals surface area contributed by atoms with Gasteiger partial charge in [-0.25, -0.2) is 0 Å². The van der Waals surface area contributed by atoms with Gasteiger partial charge >= 0.3 is 0 Å². The number of halogens is 1. The van der Waals surface area contributed by atoms with Gasteiger partial charge in [-0.05, 0) is 18.8 Å². The third-order valence-corrected chi connectivity index (χ3v) is 5.68. The van der Waals surface area contributed by atoms with E-state index in [1.165, 1.54) is 88.0 Å². The third kappa shape index (κ3) is 13.3. The first-order chi connectivity index (χ1) is 10.9. The molecule has 23 heavy (non-hydrogen) atoms. The molecule has 0 bridgehead atoms. The topological polar surface area (TPSA) is 24.4 Å². The summed E-state index contributed by atoms with van der Waals surface area (Å²) in [5.74, 6) is 2.03. The molecule has 0 aromatic carbocycles. The molecule has 0 aromatic rings. The molecule has 0 radical (unpaired) electrons. The van der Waals surface area contributed by atoms with Crippen molar-refractivity contribution in [3.8, 4) is 0 Å². The quantitative estimate of drug-likeness (QED) is 0.369. The van der Waals surface area contributed by atoms with E-state index >= 15 is 0 Å². The number of rotatable bonds is 12. The predicted octanol–water partition coefficient (Wildman–Crippen LogP) is 6.59. The van der Waals surface area contributed by atoms with Crippen LogP contribution in [-0.2, 0) is 0 Å². The van der Waals surface area contributed by atoms with Gasteiger partial charge in [0.15, 0.2) is 5.17 Å². The molecule has 0 amide bonds. The predicted molar refractivity (Wildman–Crippen MR) is 113 cm³/mol. The SMILES string of the molecule is Br.CCCCCCCCCCCCSC1=NCC(CC)CCN1. The molecule has 138 valence electrons. The fraction of sp³-hybridized carbons (Fsp3) is 0.947. The Bertz CT molecular complexity index is 285. The molecule has 1 atom stereocenters. The standard InChI is InChI=1S/C19H38N2S.BrH/c1-3-5-6-7-8-9-10-11-12-13-16-22-19-20-15-14-18(4-2)17-21-19;/h18H,3-17H2,1-2H3,(H,20,21);1H. The van der Waals surface area contributed by atoms with Crippen LogP contribution in [0.3, 0.4) is 0 Å². The van der Waals surface area contributed by atoms with Crippen molar-refractivity contribution in [1.82, 2.24) is 5.32 Å². The first kappa shape index (κ1) is 23.3. The van der Waals surface area contributed by atoms with Gasteiger partial charge in [0.25, 0.3) is 0 Å². The Hall–Kier alpha value is 0.300. The monoisotopic (exact) mass is 406 g/mol. The van der Waals surface area contributed by atoms with Crippen molar-refractivity contribution in [1.29, 1.82) is 0 Å². The van der Waals surface area contributed by atoms with E-state index < -0.39 is 0 Å². The minimum atomic E-state index is 0. The van der Waals surface area contributed by atoms with Gasteiger partial charge in [0.1, 0.15) is 0 Å².